The van der Waals surface area contributed by atoms with E-state index in [-0.39, 0.29) is 17.5 Å². The second-order valence-electron chi connectivity index (χ2n) is 7.51. The summed E-state index contributed by atoms with van der Waals surface area (Å²) < 4.78 is 5.90. The van der Waals surface area contributed by atoms with E-state index in [1.54, 1.807) is 19.2 Å². The number of thiazole rings is 1. The van der Waals surface area contributed by atoms with E-state index < -0.39 is 0 Å². The van der Waals surface area contributed by atoms with Gasteiger partial charge in [0.1, 0.15) is 27.1 Å². The molecular formula is C26H24N4O3S. The summed E-state index contributed by atoms with van der Waals surface area (Å²) in [7, 11) is 1.55. The summed E-state index contributed by atoms with van der Waals surface area (Å²) in [5.41, 5.74) is 3.03. The first kappa shape index (κ1) is 23.1. The summed E-state index contributed by atoms with van der Waals surface area (Å²) >= 11 is 1.40. The number of aromatic nitrogens is 2. The van der Waals surface area contributed by atoms with Crippen LogP contribution in [-0.2, 0) is 6.42 Å². The maximum atomic E-state index is 12.7. The molecule has 34 heavy (non-hydrogen) atoms. The van der Waals surface area contributed by atoms with Gasteiger partial charge in [-0.1, -0.05) is 42.5 Å². The fourth-order valence-electron chi connectivity index (χ4n) is 3.34. The molecule has 0 spiro atoms. The number of amides is 2. The van der Waals surface area contributed by atoms with Crippen LogP contribution in [0.2, 0.25) is 0 Å². The van der Waals surface area contributed by atoms with Crippen LogP contribution >= 0.6 is 11.3 Å². The highest BCUT2D eigenvalue weighted by Crippen LogP contribution is 2.27. The van der Waals surface area contributed by atoms with Crippen molar-refractivity contribution < 1.29 is 14.3 Å². The van der Waals surface area contributed by atoms with Gasteiger partial charge in [-0.05, 0) is 37.1 Å². The van der Waals surface area contributed by atoms with Crippen molar-refractivity contribution in [3.63, 3.8) is 0 Å². The summed E-state index contributed by atoms with van der Waals surface area (Å²) in [5, 5.41) is 6.37. The lowest BCUT2D eigenvalue weighted by molar-refractivity contribution is 0.0949. The van der Waals surface area contributed by atoms with Crippen molar-refractivity contribution in [2.24, 2.45) is 0 Å². The highest BCUT2D eigenvalue weighted by atomic mass is 32.1. The second-order valence-corrected chi connectivity index (χ2v) is 8.51. The van der Waals surface area contributed by atoms with Gasteiger partial charge in [-0.15, -0.1) is 11.3 Å². The molecule has 2 amide bonds. The SMILES string of the molecule is CNC(=O)c1cc(Oc2cccc(CCNC(=O)c3sc(-c4ccccc4)nc3C)c2)ccn1. The number of ether oxygens (including phenoxy) is 1. The van der Waals surface area contributed by atoms with Crippen molar-refractivity contribution in [2.45, 2.75) is 13.3 Å². The van der Waals surface area contributed by atoms with E-state index >= 15 is 0 Å². The number of nitrogens with zero attached hydrogens (tertiary/aromatic N) is 2. The van der Waals surface area contributed by atoms with Crippen LogP contribution in [0.3, 0.4) is 0 Å². The number of hydrogen-bond donors (Lipinski definition) is 2. The molecule has 4 rings (SSSR count). The minimum Gasteiger partial charge on any atom is -0.457 e. The zero-order valence-electron chi connectivity index (χ0n) is 18.9. The Labute approximate surface area is 201 Å². The molecule has 0 aliphatic rings. The van der Waals surface area contributed by atoms with Crippen LogP contribution in [0, 0.1) is 6.92 Å². The van der Waals surface area contributed by atoms with Crippen molar-refractivity contribution in [3.05, 3.63) is 94.8 Å². The zero-order valence-corrected chi connectivity index (χ0v) is 19.7. The van der Waals surface area contributed by atoms with E-state index in [1.165, 1.54) is 17.5 Å². The topological polar surface area (TPSA) is 93.2 Å². The molecule has 7 nitrogen and oxygen atoms in total. The number of pyridine rings is 1. The summed E-state index contributed by atoms with van der Waals surface area (Å²) in [6, 6.07) is 20.8. The first-order chi connectivity index (χ1) is 16.5. The average molecular weight is 473 g/mol. The van der Waals surface area contributed by atoms with Gasteiger partial charge in [0.05, 0.1) is 5.69 Å². The molecule has 0 saturated heterocycles. The molecule has 0 radical (unpaired) electrons. The van der Waals surface area contributed by atoms with Crippen LogP contribution in [0.5, 0.6) is 11.5 Å². The van der Waals surface area contributed by atoms with Crippen LogP contribution in [-0.4, -0.2) is 35.4 Å². The Morgan fingerprint density at radius 1 is 0.971 bits per heavy atom. The van der Waals surface area contributed by atoms with E-state index in [9.17, 15) is 9.59 Å². The molecule has 0 aliphatic heterocycles. The maximum Gasteiger partial charge on any atom is 0.269 e. The van der Waals surface area contributed by atoms with E-state index in [0.717, 1.165) is 21.8 Å². The number of carbonyl (C=O) groups is 2. The average Bonchev–Trinajstić information content (AvgIpc) is 3.26. The quantitative estimate of drug-likeness (QED) is 0.390. The normalized spacial score (nSPS) is 10.5. The third kappa shape index (κ3) is 5.65. The van der Waals surface area contributed by atoms with E-state index in [1.807, 2.05) is 61.5 Å². The number of benzene rings is 2. The van der Waals surface area contributed by atoms with Gasteiger partial charge in [0.15, 0.2) is 0 Å². The molecule has 0 aliphatic carbocycles. The highest BCUT2D eigenvalue weighted by molar-refractivity contribution is 7.17. The minimum atomic E-state index is -0.276. The molecule has 2 N–H and O–H groups in total. The van der Waals surface area contributed by atoms with Crippen molar-refractivity contribution in [3.8, 4) is 22.1 Å². The molecule has 2 aromatic heterocycles. The third-order valence-electron chi connectivity index (χ3n) is 5.05. The Hall–Kier alpha value is -4.04. The van der Waals surface area contributed by atoms with Crippen molar-refractivity contribution in [1.82, 2.24) is 20.6 Å². The van der Waals surface area contributed by atoms with Crippen LogP contribution in [0.1, 0.15) is 31.4 Å². The van der Waals surface area contributed by atoms with Crippen LogP contribution in [0.4, 0.5) is 0 Å². The minimum absolute atomic E-state index is 0.122. The van der Waals surface area contributed by atoms with Gasteiger partial charge in [0.25, 0.3) is 11.8 Å². The van der Waals surface area contributed by atoms with E-state index in [4.69, 9.17) is 4.74 Å². The summed E-state index contributed by atoms with van der Waals surface area (Å²) in [6.45, 7) is 2.34. The largest absolute Gasteiger partial charge is 0.457 e. The third-order valence-corrected chi connectivity index (χ3v) is 6.25. The first-order valence-electron chi connectivity index (χ1n) is 10.8. The number of nitrogens with one attached hydrogen (secondary N) is 2. The van der Waals surface area contributed by atoms with Gasteiger partial charge in [0, 0.05) is 31.4 Å². The number of rotatable bonds is 8. The lowest BCUT2D eigenvalue weighted by Crippen LogP contribution is -2.25. The molecule has 0 atom stereocenters. The van der Waals surface area contributed by atoms with Crippen LogP contribution in [0.25, 0.3) is 10.6 Å². The molecule has 4 aromatic rings. The zero-order chi connectivity index (χ0) is 23.9. The molecule has 2 heterocycles. The molecule has 172 valence electrons. The lowest BCUT2D eigenvalue weighted by Gasteiger charge is -2.09. The molecule has 0 unspecified atom stereocenters. The van der Waals surface area contributed by atoms with Crippen molar-refractivity contribution in [1.29, 1.82) is 0 Å². The maximum absolute atomic E-state index is 12.7. The number of carbonyl (C=O) groups excluding carboxylic acids is 2. The molecule has 2 aromatic carbocycles. The molecule has 8 heteroatoms. The summed E-state index contributed by atoms with van der Waals surface area (Å²) in [6.07, 6.45) is 2.18. The van der Waals surface area contributed by atoms with Gasteiger partial charge >= 0.3 is 0 Å². The van der Waals surface area contributed by atoms with Crippen molar-refractivity contribution >= 4 is 23.2 Å². The Morgan fingerprint density at radius 2 is 1.76 bits per heavy atom. The Bertz CT molecular complexity index is 1300. The molecule has 0 saturated carbocycles. The van der Waals surface area contributed by atoms with Gasteiger partial charge in [-0.3, -0.25) is 14.6 Å². The summed E-state index contributed by atoms with van der Waals surface area (Å²) in [4.78, 5) is 33.7. The van der Waals surface area contributed by atoms with Crippen molar-refractivity contribution in [2.75, 3.05) is 13.6 Å². The fraction of sp³-hybridized carbons (Fsp3) is 0.154. The number of hydrogen-bond acceptors (Lipinski definition) is 6. The highest BCUT2D eigenvalue weighted by Gasteiger charge is 2.16. The monoisotopic (exact) mass is 472 g/mol. The predicted molar refractivity (Wildman–Crippen MR) is 132 cm³/mol. The smallest absolute Gasteiger partial charge is 0.269 e. The lowest BCUT2D eigenvalue weighted by atomic mass is 10.1. The van der Waals surface area contributed by atoms with Crippen LogP contribution in [0.15, 0.2) is 72.9 Å². The summed E-state index contributed by atoms with van der Waals surface area (Å²) in [5.74, 6) is 0.766. The number of aryl methyl sites for hydroxylation is 1. The Kier molecular flexibility index (Phi) is 7.29. The van der Waals surface area contributed by atoms with E-state index in [0.29, 0.717) is 29.3 Å². The molecule has 0 bridgehead atoms. The predicted octanol–water partition coefficient (Wildman–Crippen LogP) is 4.64. The van der Waals surface area contributed by atoms with Gasteiger partial charge in [-0.2, -0.15) is 0 Å². The van der Waals surface area contributed by atoms with Gasteiger partial charge in [-0.25, -0.2) is 4.98 Å². The van der Waals surface area contributed by atoms with Gasteiger partial charge < -0.3 is 15.4 Å². The molecular weight excluding hydrogens is 448 g/mol. The first-order valence-corrected chi connectivity index (χ1v) is 11.6. The van der Waals surface area contributed by atoms with E-state index in [2.05, 4.69) is 20.6 Å². The van der Waals surface area contributed by atoms with Crippen LogP contribution < -0.4 is 15.4 Å². The Balaban J connectivity index is 1.35. The molecule has 0 fully saturated rings. The second kappa shape index (κ2) is 10.7. The van der Waals surface area contributed by atoms with Gasteiger partial charge in [0.2, 0.25) is 0 Å². The fourth-order valence-corrected chi connectivity index (χ4v) is 4.33. The standard InChI is InChI=1S/C26H24N4O3S/c1-17-23(34-26(30-17)19-8-4-3-5-9-19)25(32)29-13-11-18-7-6-10-20(15-18)33-21-12-14-28-22(16-21)24(31)27-2/h3-10,12,14-16H,11,13H2,1-2H3,(H,27,31)(H,29,32). The Morgan fingerprint density at radius 3 is 2.56 bits per heavy atom.